The predicted molar refractivity (Wildman–Crippen MR) is 107 cm³/mol. The average Bonchev–Trinajstić information content (AvgIpc) is 3.50. The first-order valence-electron chi connectivity index (χ1n) is 10.4. The standard InChI is InChI=1S/C22H19F4N5O2/c1-12-13-9-17(18(10-13)33-19-6-5-14(11-27-19)22(24,25)26)30(12)21(32)20-15(23)3-2-4-16(20)31-28-7-8-29-31/h2-8,11-13,17-18H,9-10H2,1H3/t12-,13-,17+,18-/m1/s1. The van der Waals surface area contributed by atoms with Crippen molar-refractivity contribution < 1.29 is 27.1 Å². The van der Waals surface area contributed by atoms with Crippen LogP contribution in [0, 0.1) is 11.7 Å². The lowest BCUT2D eigenvalue weighted by Gasteiger charge is -2.38. The molecule has 2 aromatic heterocycles. The Morgan fingerprint density at radius 3 is 2.52 bits per heavy atom. The van der Waals surface area contributed by atoms with Crippen molar-refractivity contribution in [3.63, 3.8) is 0 Å². The fourth-order valence-electron chi connectivity index (χ4n) is 4.82. The Balaban J connectivity index is 1.41. The highest BCUT2D eigenvalue weighted by Crippen LogP contribution is 2.45. The second-order valence-electron chi connectivity index (χ2n) is 8.24. The van der Waals surface area contributed by atoms with E-state index in [0.717, 1.165) is 12.3 Å². The number of carbonyl (C=O) groups is 1. The molecule has 1 amide bonds. The molecule has 11 heteroatoms. The van der Waals surface area contributed by atoms with Gasteiger partial charge in [-0.15, -0.1) is 0 Å². The van der Waals surface area contributed by atoms with Gasteiger partial charge in [-0.3, -0.25) is 4.79 Å². The molecule has 0 spiro atoms. The van der Waals surface area contributed by atoms with E-state index in [1.54, 1.807) is 11.0 Å². The molecule has 5 rings (SSSR count). The van der Waals surface area contributed by atoms with Crippen molar-refractivity contribution in [2.24, 2.45) is 5.92 Å². The number of benzene rings is 1. The Kier molecular flexibility index (Phi) is 5.06. The summed E-state index contributed by atoms with van der Waals surface area (Å²) < 4.78 is 59.1. The molecule has 33 heavy (non-hydrogen) atoms. The van der Waals surface area contributed by atoms with Crippen LogP contribution in [0.2, 0.25) is 0 Å². The van der Waals surface area contributed by atoms with E-state index in [4.69, 9.17) is 4.74 Å². The van der Waals surface area contributed by atoms with Gasteiger partial charge in [0.2, 0.25) is 5.88 Å². The first-order chi connectivity index (χ1) is 15.7. The lowest BCUT2D eigenvalue weighted by atomic mass is 9.98. The van der Waals surface area contributed by atoms with E-state index in [2.05, 4.69) is 15.2 Å². The van der Waals surface area contributed by atoms with E-state index < -0.39 is 29.6 Å². The summed E-state index contributed by atoms with van der Waals surface area (Å²) in [6.07, 6.45) is -0.0852. The van der Waals surface area contributed by atoms with Crippen LogP contribution in [-0.2, 0) is 6.18 Å². The molecule has 1 saturated carbocycles. The number of piperidine rings is 1. The SMILES string of the molecule is C[C@@H]1[C@H]2C[C@@H](Oc3ccc(C(F)(F)F)cn3)[C@H](C2)N1C(=O)c1c(F)cccc1-n1nccn1. The van der Waals surface area contributed by atoms with E-state index in [1.807, 2.05) is 6.92 Å². The van der Waals surface area contributed by atoms with Crippen LogP contribution in [0.3, 0.4) is 0 Å². The van der Waals surface area contributed by atoms with Crippen molar-refractivity contribution in [1.29, 1.82) is 0 Å². The summed E-state index contributed by atoms with van der Waals surface area (Å²) in [5.41, 5.74) is -0.783. The molecule has 0 N–H and O–H groups in total. The number of nitrogens with zero attached hydrogens (tertiary/aromatic N) is 5. The highest BCUT2D eigenvalue weighted by atomic mass is 19.4. The number of halogens is 4. The lowest BCUT2D eigenvalue weighted by Crippen LogP contribution is -2.51. The number of hydrogen-bond acceptors (Lipinski definition) is 5. The highest BCUT2D eigenvalue weighted by molar-refractivity contribution is 5.98. The number of ether oxygens (including phenoxy) is 1. The van der Waals surface area contributed by atoms with Crippen LogP contribution < -0.4 is 4.74 Å². The first-order valence-corrected chi connectivity index (χ1v) is 10.4. The number of alkyl halides is 3. The molecule has 0 radical (unpaired) electrons. The molecule has 0 unspecified atom stereocenters. The van der Waals surface area contributed by atoms with Crippen molar-refractivity contribution in [1.82, 2.24) is 24.9 Å². The van der Waals surface area contributed by atoms with Gasteiger partial charge in [0, 0.05) is 18.3 Å². The molecule has 2 bridgehead atoms. The molecule has 1 aliphatic carbocycles. The van der Waals surface area contributed by atoms with Gasteiger partial charge in [-0.1, -0.05) is 6.07 Å². The number of amides is 1. The third-order valence-corrected chi connectivity index (χ3v) is 6.40. The number of fused-ring (bicyclic) bond motifs is 2. The lowest BCUT2D eigenvalue weighted by molar-refractivity contribution is -0.137. The minimum absolute atomic E-state index is 0.0490. The Morgan fingerprint density at radius 2 is 1.88 bits per heavy atom. The van der Waals surface area contributed by atoms with Crippen molar-refractivity contribution in [2.45, 2.75) is 44.1 Å². The number of rotatable bonds is 4. The molecule has 1 aliphatic heterocycles. The molecule has 2 aliphatic rings. The largest absolute Gasteiger partial charge is 0.472 e. The summed E-state index contributed by atoms with van der Waals surface area (Å²) in [4.78, 5) is 20.1. The summed E-state index contributed by atoms with van der Waals surface area (Å²) in [7, 11) is 0. The van der Waals surface area contributed by atoms with Gasteiger partial charge in [0.1, 0.15) is 23.2 Å². The Morgan fingerprint density at radius 1 is 1.12 bits per heavy atom. The van der Waals surface area contributed by atoms with Crippen LogP contribution >= 0.6 is 0 Å². The second-order valence-corrected chi connectivity index (χ2v) is 8.24. The summed E-state index contributed by atoms with van der Waals surface area (Å²) >= 11 is 0. The maximum atomic E-state index is 14.8. The normalized spacial score (nSPS) is 24.3. The molecule has 3 aromatic rings. The number of likely N-dealkylation sites (tertiary alicyclic amines) is 1. The van der Waals surface area contributed by atoms with Gasteiger partial charge in [-0.2, -0.15) is 28.2 Å². The molecule has 4 atom stereocenters. The minimum Gasteiger partial charge on any atom is -0.472 e. The number of aromatic nitrogens is 4. The van der Waals surface area contributed by atoms with E-state index in [9.17, 15) is 22.4 Å². The van der Waals surface area contributed by atoms with Crippen LogP contribution in [-0.4, -0.2) is 49.0 Å². The average molecular weight is 461 g/mol. The van der Waals surface area contributed by atoms with Crippen LogP contribution in [0.4, 0.5) is 17.6 Å². The van der Waals surface area contributed by atoms with Crippen molar-refractivity contribution in [2.75, 3.05) is 0 Å². The molecule has 3 heterocycles. The van der Waals surface area contributed by atoms with Gasteiger partial charge in [-0.05, 0) is 43.9 Å². The van der Waals surface area contributed by atoms with Gasteiger partial charge < -0.3 is 9.64 Å². The Bertz CT molecular complexity index is 1170. The van der Waals surface area contributed by atoms with E-state index in [1.165, 1.54) is 35.4 Å². The zero-order valence-corrected chi connectivity index (χ0v) is 17.4. The predicted octanol–water partition coefficient (Wildman–Crippen LogP) is 3.89. The summed E-state index contributed by atoms with van der Waals surface area (Å²) in [5, 5.41) is 8.03. The maximum absolute atomic E-state index is 14.8. The van der Waals surface area contributed by atoms with Gasteiger partial charge in [-0.25, -0.2) is 9.37 Å². The van der Waals surface area contributed by atoms with Gasteiger partial charge in [0.15, 0.2) is 0 Å². The fraction of sp³-hybridized carbons (Fsp3) is 0.364. The topological polar surface area (TPSA) is 73.1 Å². The van der Waals surface area contributed by atoms with Crippen LogP contribution in [0.5, 0.6) is 5.88 Å². The highest BCUT2D eigenvalue weighted by Gasteiger charge is 2.53. The summed E-state index contributed by atoms with van der Waals surface area (Å²) in [5.74, 6) is -1.02. The Hall–Kier alpha value is -3.50. The monoisotopic (exact) mass is 461 g/mol. The van der Waals surface area contributed by atoms with E-state index in [-0.39, 0.29) is 35.1 Å². The number of hydrogen-bond donors (Lipinski definition) is 0. The number of carbonyl (C=O) groups excluding carboxylic acids is 1. The van der Waals surface area contributed by atoms with Gasteiger partial charge >= 0.3 is 6.18 Å². The summed E-state index contributed by atoms with van der Waals surface area (Å²) in [6, 6.07) is 5.81. The molecular formula is C22H19F4N5O2. The maximum Gasteiger partial charge on any atom is 0.417 e. The molecule has 1 saturated heterocycles. The number of pyridine rings is 1. The zero-order valence-electron chi connectivity index (χ0n) is 17.4. The van der Waals surface area contributed by atoms with Crippen molar-refractivity contribution >= 4 is 5.91 Å². The van der Waals surface area contributed by atoms with Crippen molar-refractivity contribution in [3.8, 4) is 11.6 Å². The second kappa shape index (κ2) is 7.82. The first kappa shape index (κ1) is 21.4. The van der Waals surface area contributed by atoms with Gasteiger partial charge in [0.05, 0.1) is 24.0 Å². The van der Waals surface area contributed by atoms with Crippen LogP contribution in [0.1, 0.15) is 35.7 Å². The van der Waals surface area contributed by atoms with E-state index in [0.29, 0.717) is 12.8 Å². The van der Waals surface area contributed by atoms with Crippen LogP contribution in [0.25, 0.3) is 5.69 Å². The van der Waals surface area contributed by atoms with Gasteiger partial charge in [0.25, 0.3) is 5.91 Å². The smallest absolute Gasteiger partial charge is 0.417 e. The molecule has 1 aromatic carbocycles. The van der Waals surface area contributed by atoms with Crippen LogP contribution in [0.15, 0.2) is 48.9 Å². The third-order valence-electron chi connectivity index (χ3n) is 6.40. The molecule has 2 fully saturated rings. The Labute approximate surface area is 186 Å². The fourth-order valence-corrected chi connectivity index (χ4v) is 4.82. The quantitative estimate of drug-likeness (QED) is 0.552. The summed E-state index contributed by atoms with van der Waals surface area (Å²) in [6.45, 7) is 1.90. The third kappa shape index (κ3) is 3.70. The van der Waals surface area contributed by atoms with E-state index >= 15 is 0 Å². The zero-order chi connectivity index (χ0) is 23.3. The molecule has 7 nitrogen and oxygen atoms in total. The molecule has 172 valence electrons. The molecular weight excluding hydrogens is 442 g/mol. The minimum atomic E-state index is -4.49. The van der Waals surface area contributed by atoms with Crippen molar-refractivity contribution in [3.05, 3.63) is 65.9 Å².